The summed E-state index contributed by atoms with van der Waals surface area (Å²) >= 11 is 1.55. The van der Waals surface area contributed by atoms with Crippen LogP contribution in [-0.4, -0.2) is 85.6 Å². The van der Waals surface area contributed by atoms with Crippen molar-refractivity contribution in [3.05, 3.63) is 141 Å². The number of likely N-dealkylation sites (tertiary alicyclic amines) is 1. The van der Waals surface area contributed by atoms with E-state index in [9.17, 15) is 28.7 Å². The van der Waals surface area contributed by atoms with Crippen LogP contribution in [0.5, 0.6) is 11.5 Å². The van der Waals surface area contributed by atoms with Crippen LogP contribution in [0.25, 0.3) is 21.6 Å². The molecule has 4 aromatic carbocycles. The van der Waals surface area contributed by atoms with Gasteiger partial charge in [-0.25, -0.2) is 13.8 Å². The molecule has 366 valence electrons. The molecule has 1 fully saturated rings. The predicted molar refractivity (Wildman–Crippen MR) is 260 cm³/mol. The fourth-order valence-electron chi connectivity index (χ4n) is 9.16. The number of rotatable bonds is 14. The second-order valence-electron chi connectivity index (χ2n) is 19.4. The summed E-state index contributed by atoms with van der Waals surface area (Å²) < 4.78 is 45.0. The van der Waals surface area contributed by atoms with Crippen molar-refractivity contribution in [2.45, 2.75) is 85.2 Å². The number of aromatic nitrogens is 3. The van der Waals surface area contributed by atoms with Crippen LogP contribution >= 0.6 is 11.3 Å². The number of nitrogens with one attached hydrogen (secondary N) is 3. The minimum atomic E-state index is -1.14. The summed E-state index contributed by atoms with van der Waals surface area (Å²) in [7, 11) is 1.77. The lowest BCUT2D eigenvalue weighted by molar-refractivity contribution is -0.144. The number of hydrogen-bond donors (Lipinski definition) is 4. The third-order valence-electron chi connectivity index (χ3n) is 13.0. The molecule has 1 saturated heterocycles. The molecule has 70 heavy (non-hydrogen) atoms. The topological polar surface area (TPSA) is 181 Å². The van der Waals surface area contributed by atoms with E-state index >= 15 is 4.39 Å². The Morgan fingerprint density at radius 2 is 1.71 bits per heavy atom. The highest BCUT2D eigenvalue weighted by Gasteiger charge is 2.45. The number of Topliss-reactive ketones (excluding diaryl/α,β-unsaturated/α-hetero) is 1. The maximum atomic E-state index is 15.3. The van der Waals surface area contributed by atoms with Gasteiger partial charge in [0.25, 0.3) is 5.91 Å². The standard InChI is InChI=1S/C53H57F2N7O7S/c1-29-18-37(54)13-14-39(29)40-20-33(24-61-17-16-60(7)52(61)56)21-41-46(65)36(26-69-47(40)41)19-32-8-15-42(55)44(22-32)68-27-45(64)59-49(53(4,5)6)51(67)62-25-38(63)23-43(62)50(66)58-30(2)34-9-11-35(12-10-34)48-31(3)57-28-70-48/h8-18,20-22,28,30,36,38,43,49,56,63H,19,23-27H2,1-7H3,(H,58,66)(H,59,64)/t30-,36-,38+,43-,49+/m0/s1. The fraction of sp³-hybridized carbons (Fsp3) is 0.358. The average molecular weight is 974 g/mol. The zero-order valence-electron chi connectivity index (χ0n) is 40.1. The van der Waals surface area contributed by atoms with E-state index in [1.165, 1.54) is 35.2 Å². The normalized spacial score (nSPS) is 17.7. The molecule has 3 amide bonds. The highest BCUT2D eigenvalue weighted by molar-refractivity contribution is 7.13. The van der Waals surface area contributed by atoms with Crippen molar-refractivity contribution in [2.24, 2.45) is 18.4 Å². The van der Waals surface area contributed by atoms with E-state index in [0.717, 1.165) is 27.3 Å². The largest absolute Gasteiger partial charge is 0.491 e. The number of carbonyl (C=O) groups excluding carboxylic acids is 4. The fourth-order valence-corrected chi connectivity index (χ4v) is 9.97. The Labute approximate surface area is 408 Å². The molecule has 14 nitrogen and oxygen atoms in total. The summed E-state index contributed by atoms with van der Waals surface area (Å²) in [4.78, 5) is 62.6. The van der Waals surface area contributed by atoms with Crippen LogP contribution in [0, 0.1) is 42.2 Å². The van der Waals surface area contributed by atoms with Gasteiger partial charge < -0.3 is 39.2 Å². The quantitative estimate of drug-likeness (QED) is 0.0883. The summed E-state index contributed by atoms with van der Waals surface area (Å²) in [6.45, 7) is 10.4. The van der Waals surface area contributed by atoms with Gasteiger partial charge >= 0.3 is 0 Å². The van der Waals surface area contributed by atoms with Gasteiger partial charge in [0.2, 0.25) is 17.4 Å². The summed E-state index contributed by atoms with van der Waals surface area (Å²) in [6, 6.07) is 17.5. The summed E-state index contributed by atoms with van der Waals surface area (Å²) in [5.41, 5.74) is 7.61. The third-order valence-corrected chi connectivity index (χ3v) is 14.0. The SMILES string of the molecule is Cc1cc(F)ccc1-c1cc(Cn2ccn(C)c2=N)cc2c1OC[C@H](Cc1ccc(F)c(OCC(=O)N[C@H](C(=O)N3C[C@H](O)C[C@H]3C(=O)N[C@@H](C)c3ccc(-c4scnc4C)cc3)C(C)(C)C)c1)C2=O. The number of halogens is 2. The van der Waals surface area contributed by atoms with Crippen molar-refractivity contribution in [3.63, 3.8) is 0 Å². The van der Waals surface area contributed by atoms with Crippen molar-refractivity contribution in [1.29, 1.82) is 5.41 Å². The number of nitrogens with zero attached hydrogens (tertiary/aromatic N) is 4. The second kappa shape index (κ2) is 20.2. The van der Waals surface area contributed by atoms with Crippen LogP contribution in [0.15, 0.2) is 90.7 Å². The number of aryl methyl sites for hydroxylation is 3. The number of β-amino-alcohol motifs (C(OH)–C–C–N with tert-alkyl or cyclic N) is 1. The second-order valence-corrected chi connectivity index (χ2v) is 20.2. The van der Waals surface area contributed by atoms with Gasteiger partial charge in [-0.2, -0.15) is 0 Å². The molecule has 5 atom stereocenters. The highest BCUT2D eigenvalue weighted by Crippen LogP contribution is 2.41. The van der Waals surface area contributed by atoms with E-state index in [4.69, 9.17) is 14.9 Å². The molecule has 0 unspecified atom stereocenters. The van der Waals surface area contributed by atoms with Gasteiger partial charge in [-0.15, -0.1) is 11.3 Å². The van der Waals surface area contributed by atoms with Crippen molar-refractivity contribution in [3.8, 4) is 33.1 Å². The van der Waals surface area contributed by atoms with E-state index in [1.54, 1.807) is 85.3 Å². The predicted octanol–water partition coefficient (Wildman–Crippen LogP) is 7.22. The van der Waals surface area contributed by atoms with Gasteiger partial charge in [0.1, 0.15) is 23.7 Å². The van der Waals surface area contributed by atoms with Gasteiger partial charge in [0.15, 0.2) is 24.0 Å². The number of fused-ring (bicyclic) bond motifs is 1. The first kappa shape index (κ1) is 49.4. The molecule has 4 heterocycles. The van der Waals surface area contributed by atoms with E-state index < -0.39 is 71.5 Å². The van der Waals surface area contributed by atoms with Crippen LogP contribution in [0.1, 0.15) is 78.5 Å². The zero-order chi connectivity index (χ0) is 50.2. The molecular formula is C53H57F2N7O7S. The van der Waals surface area contributed by atoms with Crippen molar-refractivity contribution in [2.75, 3.05) is 19.8 Å². The lowest BCUT2D eigenvalue weighted by atomic mass is 9.85. The summed E-state index contributed by atoms with van der Waals surface area (Å²) in [6.07, 6.45) is 2.74. The van der Waals surface area contributed by atoms with Crippen molar-refractivity contribution >= 4 is 34.8 Å². The number of ether oxygens (including phenoxy) is 2. The Hall–Kier alpha value is -6.98. The van der Waals surface area contributed by atoms with Crippen molar-refractivity contribution in [1.82, 2.24) is 29.7 Å². The molecule has 0 spiro atoms. The number of aliphatic hydroxyl groups excluding tert-OH is 1. The Bertz CT molecular complexity index is 3030. The number of thiazole rings is 1. The molecule has 0 saturated carbocycles. The maximum absolute atomic E-state index is 15.3. The number of amides is 3. The van der Waals surface area contributed by atoms with Crippen LogP contribution in [-0.2, 0) is 34.4 Å². The monoisotopic (exact) mass is 973 g/mol. The molecule has 2 aromatic heterocycles. The first-order valence-corrected chi connectivity index (χ1v) is 24.0. The number of carbonyl (C=O) groups is 4. The molecule has 0 radical (unpaired) electrons. The molecule has 8 rings (SSSR count). The van der Waals surface area contributed by atoms with Crippen LogP contribution in [0.4, 0.5) is 8.78 Å². The first-order chi connectivity index (χ1) is 33.2. The third kappa shape index (κ3) is 10.6. The number of aliphatic hydroxyl groups is 1. The molecule has 2 aliphatic rings. The minimum absolute atomic E-state index is 0.0125. The Morgan fingerprint density at radius 1 is 0.971 bits per heavy atom. The smallest absolute Gasteiger partial charge is 0.258 e. The minimum Gasteiger partial charge on any atom is -0.491 e. The summed E-state index contributed by atoms with van der Waals surface area (Å²) in [5, 5.41) is 24.9. The highest BCUT2D eigenvalue weighted by atomic mass is 32.1. The van der Waals surface area contributed by atoms with E-state index in [1.807, 2.05) is 44.2 Å². The number of hydrogen-bond acceptors (Lipinski definition) is 10. The first-order valence-electron chi connectivity index (χ1n) is 23.1. The molecule has 0 bridgehead atoms. The molecule has 17 heteroatoms. The van der Waals surface area contributed by atoms with Gasteiger partial charge in [-0.3, -0.25) is 24.6 Å². The zero-order valence-corrected chi connectivity index (χ0v) is 41.0. The number of ketones is 1. The lowest BCUT2D eigenvalue weighted by Crippen LogP contribution is -2.58. The average Bonchev–Trinajstić information content (AvgIpc) is 4.03. The number of imidazole rings is 1. The maximum Gasteiger partial charge on any atom is 0.258 e. The van der Waals surface area contributed by atoms with Gasteiger partial charge in [-0.1, -0.05) is 57.2 Å². The van der Waals surface area contributed by atoms with Gasteiger partial charge in [0, 0.05) is 38.0 Å². The molecule has 0 aliphatic carbocycles. The van der Waals surface area contributed by atoms with Crippen molar-refractivity contribution < 1.29 is 42.5 Å². The van der Waals surface area contributed by atoms with Crippen LogP contribution in [0.2, 0.25) is 0 Å². The summed E-state index contributed by atoms with van der Waals surface area (Å²) in [5.74, 6) is -3.59. The Morgan fingerprint density at radius 3 is 2.39 bits per heavy atom. The molecule has 4 N–H and O–H groups in total. The number of benzene rings is 4. The Kier molecular flexibility index (Phi) is 14.2. The Balaban J connectivity index is 0.927. The van der Waals surface area contributed by atoms with Crippen LogP contribution in [0.3, 0.4) is 0 Å². The van der Waals surface area contributed by atoms with Crippen LogP contribution < -0.4 is 25.7 Å². The van der Waals surface area contributed by atoms with E-state index in [2.05, 4.69) is 15.6 Å². The lowest BCUT2D eigenvalue weighted by Gasteiger charge is -2.35. The molecular weight excluding hydrogens is 917 g/mol. The molecule has 6 aromatic rings. The van der Waals surface area contributed by atoms with Gasteiger partial charge in [-0.05, 0) is 102 Å². The van der Waals surface area contributed by atoms with E-state index in [0.29, 0.717) is 40.1 Å². The molecule has 2 aliphatic heterocycles. The van der Waals surface area contributed by atoms with Gasteiger partial charge in [0.05, 0.1) is 52.9 Å². The van der Waals surface area contributed by atoms with E-state index in [-0.39, 0.29) is 43.1 Å².